The maximum atomic E-state index is 12.4. The lowest BCUT2D eigenvalue weighted by Gasteiger charge is -2.20. The summed E-state index contributed by atoms with van der Waals surface area (Å²) in [5, 5.41) is 20.7. The van der Waals surface area contributed by atoms with Crippen molar-refractivity contribution in [2.75, 3.05) is 0 Å². The SMILES string of the molecule is CC(NC(=O)c1ccc(-n2cnnc2)cc1)C(O)Cc1ccccc1. The molecule has 0 radical (unpaired) electrons. The average molecular weight is 336 g/mol. The zero-order valence-corrected chi connectivity index (χ0v) is 13.9. The number of nitrogens with zero attached hydrogens (tertiary/aromatic N) is 3. The van der Waals surface area contributed by atoms with Crippen LogP contribution in [0.1, 0.15) is 22.8 Å². The van der Waals surface area contributed by atoms with Crippen molar-refractivity contribution in [2.45, 2.75) is 25.5 Å². The number of amides is 1. The van der Waals surface area contributed by atoms with E-state index in [1.807, 2.05) is 42.5 Å². The number of hydrogen-bond donors (Lipinski definition) is 2. The molecule has 2 unspecified atom stereocenters. The van der Waals surface area contributed by atoms with Gasteiger partial charge in [0.05, 0.1) is 12.1 Å². The Morgan fingerprint density at radius 2 is 1.72 bits per heavy atom. The minimum atomic E-state index is -0.650. The molecule has 128 valence electrons. The average Bonchev–Trinajstić information content (AvgIpc) is 3.17. The van der Waals surface area contributed by atoms with E-state index in [2.05, 4.69) is 15.5 Å². The number of carbonyl (C=O) groups is 1. The third kappa shape index (κ3) is 4.30. The first-order valence-corrected chi connectivity index (χ1v) is 8.11. The molecule has 0 aliphatic carbocycles. The number of aliphatic hydroxyl groups is 1. The molecule has 2 aromatic carbocycles. The van der Waals surface area contributed by atoms with Crippen molar-refractivity contribution >= 4 is 5.91 Å². The molecule has 1 amide bonds. The molecule has 1 aromatic heterocycles. The Bertz CT molecular complexity index is 801. The Morgan fingerprint density at radius 1 is 1.08 bits per heavy atom. The summed E-state index contributed by atoms with van der Waals surface area (Å²) in [6, 6.07) is 16.5. The Balaban J connectivity index is 1.59. The van der Waals surface area contributed by atoms with Crippen LogP contribution in [-0.4, -0.2) is 37.9 Å². The lowest BCUT2D eigenvalue weighted by atomic mass is 10.0. The van der Waals surface area contributed by atoms with Crippen molar-refractivity contribution in [2.24, 2.45) is 0 Å². The predicted octanol–water partition coefficient (Wildman–Crippen LogP) is 1.99. The third-order valence-electron chi connectivity index (χ3n) is 4.07. The Hall–Kier alpha value is -2.99. The first-order valence-electron chi connectivity index (χ1n) is 8.11. The van der Waals surface area contributed by atoms with E-state index in [1.165, 1.54) is 0 Å². The zero-order valence-electron chi connectivity index (χ0n) is 13.9. The van der Waals surface area contributed by atoms with Gasteiger partial charge in [0.15, 0.2) is 0 Å². The maximum absolute atomic E-state index is 12.4. The topological polar surface area (TPSA) is 80.0 Å². The van der Waals surface area contributed by atoms with Gasteiger partial charge < -0.3 is 10.4 Å². The molecule has 3 rings (SSSR count). The Labute approximate surface area is 146 Å². The lowest BCUT2D eigenvalue weighted by Crippen LogP contribution is -2.42. The number of hydrogen-bond acceptors (Lipinski definition) is 4. The van der Waals surface area contributed by atoms with Crippen molar-refractivity contribution in [3.63, 3.8) is 0 Å². The molecule has 0 saturated carbocycles. The van der Waals surface area contributed by atoms with Gasteiger partial charge in [0, 0.05) is 17.7 Å². The van der Waals surface area contributed by atoms with Crippen LogP contribution in [0.25, 0.3) is 5.69 Å². The summed E-state index contributed by atoms with van der Waals surface area (Å²) in [6.07, 6.45) is 3.03. The first kappa shape index (κ1) is 16.9. The number of carbonyl (C=O) groups excluding carboxylic acids is 1. The highest BCUT2D eigenvalue weighted by molar-refractivity contribution is 5.94. The third-order valence-corrected chi connectivity index (χ3v) is 4.07. The van der Waals surface area contributed by atoms with Gasteiger partial charge in [0.1, 0.15) is 12.7 Å². The number of nitrogens with one attached hydrogen (secondary N) is 1. The molecule has 0 saturated heterocycles. The minimum Gasteiger partial charge on any atom is -0.391 e. The fraction of sp³-hybridized carbons (Fsp3) is 0.211. The molecule has 2 atom stereocenters. The maximum Gasteiger partial charge on any atom is 0.251 e. The first-order chi connectivity index (χ1) is 12.1. The van der Waals surface area contributed by atoms with Crippen LogP contribution in [0.4, 0.5) is 0 Å². The van der Waals surface area contributed by atoms with Gasteiger partial charge in [0.2, 0.25) is 0 Å². The Morgan fingerprint density at radius 3 is 2.36 bits per heavy atom. The molecule has 1 heterocycles. The van der Waals surface area contributed by atoms with Crippen molar-refractivity contribution in [3.8, 4) is 5.69 Å². The van der Waals surface area contributed by atoms with Crippen LogP contribution in [0.3, 0.4) is 0 Å². The molecule has 0 aliphatic rings. The number of aliphatic hydroxyl groups excluding tert-OH is 1. The molecule has 0 fully saturated rings. The van der Waals surface area contributed by atoms with Crippen LogP contribution in [-0.2, 0) is 6.42 Å². The molecule has 3 aromatic rings. The van der Waals surface area contributed by atoms with Crippen LogP contribution in [0.2, 0.25) is 0 Å². The van der Waals surface area contributed by atoms with Gasteiger partial charge in [-0.15, -0.1) is 10.2 Å². The molecule has 25 heavy (non-hydrogen) atoms. The molecule has 0 aliphatic heterocycles. The van der Waals surface area contributed by atoms with Crippen LogP contribution >= 0.6 is 0 Å². The molecule has 6 nitrogen and oxygen atoms in total. The summed E-state index contributed by atoms with van der Waals surface area (Å²) in [5.74, 6) is -0.213. The number of benzene rings is 2. The Kier molecular flexibility index (Phi) is 5.20. The fourth-order valence-electron chi connectivity index (χ4n) is 2.54. The number of rotatable bonds is 6. The van der Waals surface area contributed by atoms with E-state index >= 15 is 0 Å². The van der Waals surface area contributed by atoms with E-state index < -0.39 is 6.10 Å². The summed E-state index contributed by atoms with van der Waals surface area (Å²) in [7, 11) is 0. The molecule has 0 spiro atoms. The fourth-order valence-corrected chi connectivity index (χ4v) is 2.54. The van der Waals surface area contributed by atoms with Gasteiger partial charge in [-0.2, -0.15) is 0 Å². The lowest BCUT2D eigenvalue weighted by molar-refractivity contribution is 0.0852. The number of aromatic nitrogens is 3. The van der Waals surface area contributed by atoms with Gasteiger partial charge in [-0.3, -0.25) is 9.36 Å². The standard InChI is InChI=1S/C19H20N4O2/c1-14(18(24)11-15-5-3-2-4-6-15)22-19(25)16-7-9-17(10-8-16)23-12-20-21-13-23/h2-10,12-14,18,24H,11H2,1H3,(H,22,25). The highest BCUT2D eigenvalue weighted by Crippen LogP contribution is 2.10. The van der Waals surface area contributed by atoms with E-state index in [9.17, 15) is 9.90 Å². The monoisotopic (exact) mass is 336 g/mol. The van der Waals surface area contributed by atoms with E-state index in [-0.39, 0.29) is 11.9 Å². The van der Waals surface area contributed by atoms with Crippen LogP contribution in [0.5, 0.6) is 0 Å². The minimum absolute atomic E-state index is 0.213. The largest absolute Gasteiger partial charge is 0.391 e. The van der Waals surface area contributed by atoms with E-state index in [1.54, 1.807) is 36.3 Å². The van der Waals surface area contributed by atoms with Gasteiger partial charge in [-0.1, -0.05) is 30.3 Å². The highest BCUT2D eigenvalue weighted by atomic mass is 16.3. The second kappa shape index (κ2) is 7.72. The van der Waals surface area contributed by atoms with Crippen LogP contribution in [0, 0.1) is 0 Å². The quantitative estimate of drug-likeness (QED) is 0.721. The summed E-state index contributed by atoms with van der Waals surface area (Å²) in [4.78, 5) is 12.4. The predicted molar refractivity (Wildman–Crippen MR) is 94.4 cm³/mol. The van der Waals surface area contributed by atoms with Crippen molar-refractivity contribution < 1.29 is 9.90 Å². The molecular formula is C19H20N4O2. The normalized spacial score (nSPS) is 13.2. The van der Waals surface area contributed by atoms with Gasteiger partial charge >= 0.3 is 0 Å². The van der Waals surface area contributed by atoms with E-state index in [0.29, 0.717) is 12.0 Å². The van der Waals surface area contributed by atoms with Crippen molar-refractivity contribution in [1.29, 1.82) is 0 Å². The zero-order chi connectivity index (χ0) is 17.6. The smallest absolute Gasteiger partial charge is 0.251 e. The van der Waals surface area contributed by atoms with Crippen LogP contribution < -0.4 is 5.32 Å². The van der Waals surface area contributed by atoms with Crippen molar-refractivity contribution in [3.05, 3.63) is 78.4 Å². The molecule has 6 heteroatoms. The second-order valence-corrected chi connectivity index (χ2v) is 5.94. The highest BCUT2D eigenvalue weighted by Gasteiger charge is 2.18. The van der Waals surface area contributed by atoms with Gasteiger partial charge in [0.25, 0.3) is 5.91 Å². The van der Waals surface area contributed by atoms with E-state index in [0.717, 1.165) is 11.3 Å². The summed E-state index contributed by atoms with van der Waals surface area (Å²) >= 11 is 0. The van der Waals surface area contributed by atoms with Gasteiger partial charge in [-0.05, 0) is 36.8 Å². The van der Waals surface area contributed by atoms with E-state index in [4.69, 9.17) is 0 Å². The van der Waals surface area contributed by atoms with Crippen LogP contribution in [0.15, 0.2) is 67.3 Å². The van der Waals surface area contributed by atoms with Crippen molar-refractivity contribution in [1.82, 2.24) is 20.1 Å². The summed E-state index contributed by atoms with van der Waals surface area (Å²) < 4.78 is 1.76. The molecular weight excluding hydrogens is 316 g/mol. The molecule has 0 bridgehead atoms. The van der Waals surface area contributed by atoms with Gasteiger partial charge in [-0.25, -0.2) is 0 Å². The second-order valence-electron chi connectivity index (χ2n) is 5.94. The molecule has 2 N–H and O–H groups in total. The summed E-state index contributed by atoms with van der Waals surface area (Å²) in [5.41, 5.74) is 2.45. The summed E-state index contributed by atoms with van der Waals surface area (Å²) in [6.45, 7) is 1.80.